The van der Waals surface area contributed by atoms with Crippen molar-refractivity contribution in [1.82, 2.24) is 4.90 Å². The molecule has 0 radical (unpaired) electrons. The van der Waals surface area contributed by atoms with E-state index in [1.54, 1.807) is 4.90 Å². The molecule has 102 valence electrons. The van der Waals surface area contributed by atoms with Crippen LogP contribution in [0.4, 0.5) is 0 Å². The zero-order valence-corrected chi connectivity index (χ0v) is 10.6. The summed E-state index contributed by atoms with van der Waals surface area (Å²) in [5.41, 5.74) is 0. The van der Waals surface area contributed by atoms with Crippen LogP contribution in [0.3, 0.4) is 0 Å². The molecule has 2 fully saturated rings. The summed E-state index contributed by atoms with van der Waals surface area (Å²) in [4.78, 5) is 24.7. The van der Waals surface area contributed by atoms with E-state index in [0.717, 1.165) is 25.9 Å². The van der Waals surface area contributed by atoms with Gasteiger partial charge in [0.15, 0.2) is 0 Å². The highest BCUT2D eigenvalue weighted by atomic mass is 16.5. The summed E-state index contributed by atoms with van der Waals surface area (Å²) in [5, 5.41) is 8.90. The van der Waals surface area contributed by atoms with Gasteiger partial charge in [0.05, 0.1) is 18.4 Å². The van der Waals surface area contributed by atoms with Gasteiger partial charge in [-0.1, -0.05) is 0 Å². The van der Waals surface area contributed by atoms with Gasteiger partial charge in [0.1, 0.15) is 0 Å². The molecule has 0 bridgehead atoms. The quantitative estimate of drug-likeness (QED) is 0.824. The molecule has 18 heavy (non-hydrogen) atoms. The van der Waals surface area contributed by atoms with Gasteiger partial charge in [0, 0.05) is 19.7 Å². The number of amides is 1. The highest BCUT2D eigenvalue weighted by Gasteiger charge is 2.28. The lowest BCUT2D eigenvalue weighted by molar-refractivity contribution is -0.146. The Morgan fingerprint density at radius 3 is 2.44 bits per heavy atom. The molecule has 1 atom stereocenters. The van der Waals surface area contributed by atoms with Crippen molar-refractivity contribution in [2.75, 3.05) is 19.7 Å². The Morgan fingerprint density at radius 2 is 1.89 bits per heavy atom. The molecule has 0 aromatic rings. The first-order valence-electron chi connectivity index (χ1n) is 6.79. The number of carboxylic acids is 1. The van der Waals surface area contributed by atoms with Crippen LogP contribution in [0.25, 0.3) is 0 Å². The van der Waals surface area contributed by atoms with E-state index in [1.165, 1.54) is 0 Å². The van der Waals surface area contributed by atoms with Crippen molar-refractivity contribution in [1.29, 1.82) is 0 Å². The Labute approximate surface area is 107 Å². The van der Waals surface area contributed by atoms with Crippen LogP contribution in [-0.2, 0) is 14.3 Å². The minimum Gasteiger partial charge on any atom is -0.481 e. The number of carbonyl (C=O) groups excluding carboxylic acids is 1. The molecule has 0 aromatic heterocycles. The zero-order chi connectivity index (χ0) is 13.0. The van der Waals surface area contributed by atoms with Crippen LogP contribution in [0.2, 0.25) is 0 Å². The first-order valence-corrected chi connectivity index (χ1v) is 6.79. The van der Waals surface area contributed by atoms with Crippen LogP contribution in [0.1, 0.15) is 38.5 Å². The van der Waals surface area contributed by atoms with Gasteiger partial charge in [-0.15, -0.1) is 0 Å². The van der Waals surface area contributed by atoms with Crippen LogP contribution in [0.15, 0.2) is 0 Å². The van der Waals surface area contributed by atoms with Crippen molar-refractivity contribution in [2.24, 2.45) is 5.92 Å². The largest absolute Gasteiger partial charge is 0.481 e. The topological polar surface area (TPSA) is 66.8 Å². The molecule has 1 unspecified atom stereocenters. The molecule has 0 aromatic carbocycles. The second kappa shape index (κ2) is 6.18. The Bertz CT molecular complexity index is 304. The fourth-order valence-electron chi connectivity index (χ4n) is 2.67. The van der Waals surface area contributed by atoms with Crippen molar-refractivity contribution < 1.29 is 19.4 Å². The van der Waals surface area contributed by atoms with Gasteiger partial charge in [0.25, 0.3) is 0 Å². The van der Waals surface area contributed by atoms with Gasteiger partial charge in [-0.25, -0.2) is 0 Å². The average molecular weight is 255 g/mol. The van der Waals surface area contributed by atoms with Crippen molar-refractivity contribution in [3.05, 3.63) is 0 Å². The fourth-order valence-corrected chi connectivity index (χ4v) is 2.67. The van der Waals surface area contributed by atoms with Gasteiger partial charge in [0.2, 0.25) is 5.91 Å². The smallest absolute Gasteiger partial charge is 0.306 e. The van der Waals surface area contributed by atoms with E-state index >= 15 is 0 Å². The summed E-state index contributed by atoms with van der Waals surface area (Å²) in [6.45, 7) is 1.91. The summed E-state index contributed by atoms with van der Waals surface area (Å²) in [5.74, 6) is -0.900. The molecule has 1 N–H and O–H groups in total. The van der Waals surface area contributed by atoms with E-state index in [9.17, 15) is 9.59 Å². The number of carboxylic acid groups (broad SMARTS) is 1. The van der Waals surface area contributed by atoms with Crippen molar-refractivity contribution >= 4 is 11.9 Å². The first kappa shape index (κ1) is 13.3. The number of likely N-dealkylation sites (tertiary alicyclic amines) is 1. The predicted molar refractivity (Wildman–Crippen MR) is 65.1 cm³/mol. The Kier molecular flexibility index (Phi) is 4.58. The molecule has 5 heteroatoms. The molecule has 1 amide bonds. The predicted octanol–water partition coefficient (Wildman–Crippen LogP) is 1.27. The third-order valence-electron chi connectivity index (χ3n) is 3.87. The minimum atomic E-state index is -0.738. The van der Waals surface area contributed by atoms with E-state index in [4.69, 9.17) is 9.84 Å². The molecular formula is C13H21NO4. The molecule has 0 saturated carbocycles. The van der Waals surface area contributed by atoms with E-state index in [0.29, 0.717) is 32.4 Å². The molecule has 5 nitrogen and oxygen atoms in total. The van der Waals surface area contributed by atoms with Crippen LogP contribution >= 0.6 is 0 Å². The summed E-state index contributed by atoms with van der Waals surface area (Å²) in [7, 11) is 0. The molecule has 0 aliphatic carbocycles. The lowest BCUT2D eigenvalue weighted by atomic mass is 9.96. The molecule has 2 saturated heterocycles. The van der Waals surface area contributed by atoms with Crippen molar-refractivity contribution in [2.45, 2.75) is 44.6 Å². The zero-order valence-electron chi connectivity index (χ0n) is 10.6. The second-order valence-electron chi connectivity index (χ2n) is 5.19. The van der Waals surface area contributed by atoms with Crippen LogP contribution in [0.5, 0.6) is 0 Å². The number of aliphatic carboxylic acids is 1. The summed E-state index contributed by atoms with van der Waals surface area (Å²) < 4.78 is 5.56. The summed E-state index contributed by atoms with van der Waals surface area (Å²) in [6, 6.07) is 0. The molecule has 2 aliphatic heterocycles. The van der Waals surface area contributed by atoms with Crippen LogP contribution < -0.4 is 0 Å². The van der Waals surface area contributed by atoms with E-state index in [1.807, 2.05) is 0 Å². The second-order valence-corrected chi connectivity index (χ2v) is 5.19. The minimum absolute atomic E-state index is 0.0726. The summed E-state index contributed by atoms with van der Waals surface area (Å²) >= 11 is 0. The Balaban J connectivity index is 1.75. The fraction of sp³-hybridized carbons (Fsp3) is 0.846. The lowest BCUT2D eigenvalue weighted by Gasteiger charge is -2.32. The maximum Gasteiger partial charge on any atom is 0.306 e. The number of carbonyl (C=O) groups is 2. The van der Waals surface area contributed by atoms with Gasteiger partial charge in [-0.05, 0) is 32.1 Å². The van der Waals surface area contributed by atoms with Gasteiger partial charge in [-0.3, -0.25) is 9.59 Å². The highest BCUT2D eigenvalue weighted by Crippen LogP contribution is 2.21. The van der Waals surface area contributed by atoms with Crippen LogP contribution in [0, 0.1) is 5.92 Å². The number of ether oxygens (including phenoxy) is 1. The number of hydrogen-bond acceptors (Lipinski definition) is 3. The normalized spacial score (nSPS) is 26.0. The standard InChI is InChI=1S/C13H21NO4/c15-12(9-11-3-1-2-8-18-11)14-6-4-10(5-7-14)13(16)17/h10-11H,1-9H2,(H,16,17). The van der Waals surface area contributed by atoms with Gasteiger partial charge >= 0.3 is 5.97 Å². The van der Waals surface area contributed by atoms with Crippen LogP contribution in [-0.4, -0.2) is 47.7 Å². The van der Waals surface area contributed by atoms with E-state index in [2.05, 4.69) is 0 Å². The van der Waals surface area contributed by atoms with E-state index < -0.39 is 5.97 Å². The molecule has 2 aliphatic rings. The van der Waals surface area contributed by atoms with Gasteiger partial charge < -0.3 is 14.7 Å². The third-order valence-corrected chi connectivity index (χ3v) is 3.87. The van der Waals surface area contributed by atoms with Crippen molar-refractivity contribution in [3.63, 3.8) is 0 Å². The highest BCUT2D eigenvalue weighted by molar-refractivity contribution is 5.77. The molecular weight excluding hydrogens is 234 g/mol. The first-order chi connectivity index (χ1) is 8.66. The lowest BCUT2D eigenvalue weighted by Crippen LogP contribution is -2.41. The third kappa shape index (κ3) is 3.45. The number of rotatable bonds is 3. The molecule has 0 spiro atoms. The monoisotopic (exact) mass is 255 g/mol. The molecule has 2 rings (SSSR count). The number of nitrogens with zero attached hydrogens (tertiary/aromatic N) is 1. The number of piperidine rings is 1. The SMILES string of the molecule is O=C(O)C1CCN(C(=O)CC2CCCCO2)CC1. The maximum atomic E-state index is 12.0. The maximum absolute atomic E-state index is 12.0. The Hall–Kier alpha value is -1.10. The summed E-state index contributed by atoms with van der Waals surface area (Å²) in [6.07, 6.45) is 4.88. The Morgan fingerprint density at radius 1 is 1.17 bits per heavy atom. The van der Waals surface area contributed by atoms with Gasteiger partial charge in [-0.2, -0.15) is 0 Å². The number of hydrogen-bond donors (Lipinski definition) is 1. The average Bonchev–Trinajstić information content (AvgIpc) is 2.40. The van der Waals surface area contributed by atoms with Crippen molar-refractivity contribution in [3.8, 4) is 0 Å². The van der Waals surface area contributed by atoms with E-state index in [-0.39, 0.29) is 17.9 Å². The molecule has 2 heterocycles.